The lowest BCUT2D eigenvalue weighted by Crippen LogP contribution is -2.46. The van der Waals surface area contributed by atoms with Crippen LogP contribution < -0.4 is 15.5 Å². The fourth-order valence-electron chi connectivity index (χ4n) is 6.35. The summed E-state index contributed by atoms with van der Waals surface area (Å²) in [6.07, 6.45) is 3.79. The molecule has 2 saturated carbocycles. The predicted octanol–water partition coefficient (Wildman–Crippen LogP) is 2.82. The molecule has 13 nitrogen and oxygen atoms in total. The van der Waals surface area contributed by atoms with E-state index in [1.54, 1.807) is 24.3 Å². The Morgan fingerprint density at radius 3 is 1.67 bits per heavy atom. The van der Waals surface area contributed by atoms with Crippen LogP contribution in [0.5, 0.6) is 0 Å². The van der Waals surface area contributed by atoms with Gasteiger partial charge in [-0.1, -0.05) is 12.1 Å². The lowest BCUT2D eigenvalue weighted by Gasteiger charge is -2.29. The largest absolute Gasteiger partial charge is 0.398 e. The molecule has 2 atom stereocenters. The normalized spacial score (nSPS) is 22.4. The summed E-state index contributed by atoms with van der Waals surface area (Å²) in [5, 5.41) is 11.0. The number of anilines is 3. The van der Waals surface area contributed by atoms with Crippen LogP contribution in [0.4, 0.5) is 22.7 Å². The molecule has 2 amide bonds. The van der Waals surface area contributed by atoms with Crippen LogP contribution in [-0.4, -0.2) is 65.2 Å². The topological polar surface area (TPSA) is 187 Å². The van der Waals surface area contributed by atoms with Gasteiger partial charge >= 0.3 is 0 Å². The molecule has 3 aliphatic heterocycles. The number of nitro groups is 1. The van der Waals surface area contributed by atoms with Crippen molar-refractivity contribution in [3.63, 3.8) is 0 Å². The van der Waals surface area contributed by atoms with Gasteiger partial charge in [-0.3, -0.25) is 38.9 Å². The van der Waals surface area contributed by atoms with Crippen molar-refractivity contribution in [3.8, 4) is 0 Å². The minimum absolute atomic E-state index is 0.0410. The summed E-state index contributed by atoms with van der Waals surface area (Å²) in [4.78, 5) is 84.3. The van der Waals surface area contributed by atoms with Crippen molar-refractivity contribution in [2.75, 3.05) is 28.7 Å². The summed E-state index contributed by atoms with van der Waals surface area (Å²) in [5.41, 5.74) is 8.60. The number of ketones is 4. The molecule has 0 radical (unpaired) electrons. The van der Waals surface area contributed by atoms with E-state index in [1.807, 2.05) is 0 Å². The van der Waals surface area contributed by atoms with E-state index in [9.17, 15) is 38.9 Å². The number of fused-ring (bicyclic) bond motifs is 2. The Hall–Kier alpha value is -4.78. The third-order valence-corrected chi connectivity index (χ3v) is 8.55. The van der Waals surface area contributed by atoms with Gasteiger partial charge in [0.1, 0.15) is 11.6 Å². The second kappa shape index (κ2) is 13.5. The number of hydrogen-bond donors (Lipinski definition) is 1. The third-order valence-electron chi connectivity index (χ3n) is 8.55. The highest BCUT2D eigenvalue weighted by Crippen LogP contribution is 2.39. The first-order valence-corrected chi connectivity index (χ1v) is 15.0. The zero-order valence-electron chi connectivity index (χ0n) is 24.7. The van der Waals surface area contributed by atoms with Crippen molar-refractivity contribution >= 4 is 57.7 Å². The number of nitrogens with two attached hydrogens (primary N) is 1. The third kappa shape index (κ3) is 6.68. The molecule has 2 aromatic rings. The quantitative estimate of drug-likeness (QED) is 0.232. The van der Waals surface area contributed by atoms with Crippen molar-refractivity contribution in [2.24, 2.45) is 0 Å². The molecule has 5 aliphatic rings. The highest BCUT2D eigenvalue weighted by atomic mass is 16.6. The highest BCUT2D eigenvalue weighted by Gasteiger charge is 2.42. The van der Waals surface area contributed by atoms with E-state index < -0.39 is 17.0 Å². The molecule has 0 aromatic heterocycles. The summed E-state index contributed by atoms with van der Waals surface area (Å²) in [7, 11) is 0. The van der Waals surface area contributed by atoms with Crippen LogP contribution in [0.15, 0.2) is 36.4 Å². The number of hydrogen-bond acceptors (Lipinski definition) is 10. The summed E-state index contributed by atoms with van der Waals surface area (Å²) < 4.78 is 4.94. The Labute approximate surface area is 258 Å². The molecule has 2 aliphatic carbocycles. The molecule has 0 spiro atoms. The van der Waals surface area contributed by atoms with E-state index in [1.165, 1.54) is 34.8 Å². The van der Waals surface area contributed by atoms with Gasteiger partial charge in [-0.05, 0) is 43.9 Å². The molecule has 1 saturated heterocycles. The van der Waals surface area contributed by atoms with Gasteiger partial charge in [0.2, 0.25) is 11.8 Å². The first-order chi connectivity index (χ1) is 21.6. The monoisotopic (exact) mass is 618 g/mol. The summed E-state index contributed by atoms with van der Waals surface area (Å²) in [5.74, 6) is -1.06. The maximum absolute atomic E-state index is 12.2. The zero-order chi connectivity index (χ0) is 32.2. The van der Waals surface area contributed by atoms with Crippen molar-refractivity contribution in [1.82, 2.24) is 0 Å². The number of amides is 2. The first-order valence-electron chi connectivity index (χ1n) is 15.0. The van der Waals surface area contributed by atoms with E-state index >= 15 is 0 Å². The Morgan fingerprint density at radius 2 is 1.20 bits per heavy atom. The van der Waals surface area contributed by atoms with Crippen LogP contribution in [-0.2, 0) is 46.3 Å². The smallest absolute Gasteiger partial charge is 0.275 e. The number of ether oxygens (including phenoxy) is 1. The van der Waals surface area contributed by atoms with Crippen molar-refractivity contribution in [2.45, 2.75) is 76.3 Å². The molecular formula is C32H34N4O9. The highest BCUT2D eigenvalue weighted by molar-refractivity contribution is 6.13. The second-order valence-electron chi connectivity index (χ2n) is 11.5. The van der Waals surface area contributed by atoms with Gasteiger partial charge in [0.05, 0.1) is 59.6 Å². The van der Waals surface area contributed by atoms with E-state index in [0.29, 0.717) is 29.8 Å². The molecular weight excluding hydrogens is 584 g/mol. The standard InChI is InChI=1S/C14H12N2O5.C14H14N2O3.C4H8O/c17-8-4-5-12(13(18)6-8)15-10-2-1-3-11(16(20)21)9(10)7-14(15)19;15-10-2-1-3-11-9(10)7-14(19)16(11)12-5-4-8(17)6-13(12)18;1-2-4-5-3-1/h1-3,12H,4-7H2;1-3,12H,4-7,15H2;1-4H2. The van der Waals surface area contributed by atoms with Gasteiger partial charge in [-0.2, -0.15) is 0 Å². The molecule has 236 valence electrons. The minimum Gasteiger partial charge on any atom is -0.398 e. The van der Waals surface area contributed by atoms with Gasteiger partial charge < -0.3 is 20.3 Å². The molecule has 7 rings (SSSR count). The van der Waals surface area contributed by atoms with E-state index in [-0.39, 0.29) is 79.2 Å². The summed E-state index contributed by atoms with van der Waals surface area (Å²) in [6, 6.07) is 8.60. The molecule has 3 fully saturated rings. The number of carbonyl (C=O) groups is 6. The molecule has 2 aromatic carbocycles. The molecule has 0 bridgehead atoms. The Bertz CT molecular complexity index is 1570. The second-order valence-corrected chi connectivity index (χ2v) is 11.5. The summed E-state index contributed by atoms with van der Waals surface area (Å²) in [6.45, 7) is 2.00. The first kappa shape index (κ1) is 31.6. The molecule has 3 heterocycles. The Kier molecular flexibility index (Phi) is 9.47. The number of carbonyl (C=O) groups excluding carboxylic acids is 6. The van der Waals surface area contributed by atoms with Crippen LogP contribution in [0.2, 0.25) is 0 Å². The number of nitrogens with zero attached hydrogens (tertiary/aromatic N) is 3. The van der Waals surface area contributed by atoms with Gasteiger partial charge in [-0.25, -0.2) is 0 Å². The average molecular weight is 619 g/mol. The molecule has 13 heteroatoms. The molecule has 2 unspecified atom stereocenters. The van der Waals surface area contributed by atoms with Crippen LogP contribution in [0.1, 0.15) is 62.5 Å². The SMILES string of the molecule is C1CCOC1.Nc1cccc2c1CC(=O)N2C1CCC(=O)CC1=O.O=C1CCC(N2C(=O)Cc3c2cccc3[N+](=O)[O-])C(=O)C1. The van der Waals surface area contributed by atoms with E-state index in [4.69, 9.17) is 10.5 Å². The average Bonchev–Trinajstić information content (AvgIpc) is 3.75. The van der Waals surface area contributed by atoms with Gasteiger partial charge in [0, 0.05) is 43.4 Å². The van der Waals surface area contributed by atoms with E-state index in [2.05, 4.69) is 0 Å². The lowest BCUT2D eigenvalue weighted by atomic mass is 9.91. The maximum Gasteiger partial charge on any atom is 0.275 e. The zero-order valence-corrected chi connectivity index (χ0v) is 24.7. The number of benzene rings is 2. The maximum atomic E-state index is 12.2. The van der Waals surface area contributed by atoms with Crippen LogP contribution >= 0.6 is 0 Å². The predicted molar refractivity (Wildman–Crippen MR) is 162 cm³/mol. The number of nitrogen functional groups attached to an aromatic ring is 1. The number of rotatable bonds is 3. The van der Waals surface area contributed by atoms with Crippen molar-refractivity contribution in [1.29, 1.82) is 0 Å². The molecule has 45 heavy (non-hydrogen) atoms. The number of Topliss-reactive ketones (excluding diaryl/α,β-unsaturated/α-hetero) is 4. The van der Waals surface area contributed by atoms with Crippen LogP contribution in [0, 0.1) is 10.1 Å². The van der Waals surface area contributed by atoms with Crippen molar-refractivity contribution in [3.05, 3.63) is 57.6 Å². The van der Waals surface area contributed by atoms with E-state index in [0.717, 1.165) is 24.5 Å². The van der Waals surface area contributed by atoms with Crippen LogP contribution in [0.3, 0.4) is 0 Å². The minimum atomic E-state index is -0.682. The fraction of sp³-hybridized carbons (Fsp3) is 0.438. The van der Waals surface area contributed by atoms with Gasteiger partial charge in [0.15, 0.2) is 11.6 Å². The lowest BCUT2D eigenvalue weighted by molar-refractivity contribution is -0.385. The summed E-state index contributed by atoms with van der Waals surface area (Å²) >= 11 is 0. The Morgan fingerprint density at radius 1 is 0.711 bits per heavy atom. The fourth-order valence-corrected chi connectivity index (χ4v) is 6.35. The van der Waals surface area contributed by atoms with Crippen molar-refractivity contribution < 1.29 is 38.4 Å². The molecule has 2 N–H and O–H groups in total. The van der Waals surface area contributed by atoms with Crippen LogP contribution in [0.25, 0.3) is 0 Å². The Balaban J connectivity index is 0.000000154. The number of nitro benzene ring substituents is 1. The van der Waals surface area contributed by atoms with Gasteiger partial charge in [0.25, 0.3) is 5.69 Å². The van der Waals surface area contributed by atoms with Gasteiger partial charge in [-0.15, -0.1) is 0 Å².